The first-order chi connectivity index (χ1) is 7.85. The third-order valence-corrected chi connectivity index (χ3v) is 2.87. The Kier molecular flexibility index (Phi) is 4.12. The molecule has 0 aliphatic heterocycles. The summed E-state index contributed by atoms with van der Waals surface area (Å²) in [6.07, 6.45) is 0.668. The van der Waals surface area contributed by atoms with Gasteiger partial charge in [-0.1, -0.05) is 6.92 Å². The van der Waals surface area contributed by atoms with Crippen LogP contribution in [0.3, 0.4) is 0 Å². The number of aliphatic hydroxyl groups is 1. The number of anilines is 2. The summed E-state index contributed by atoms with van der Waals surface area (Å²) in [5.41, 5.74) is 6.82. The van der Waals surface area contributed by atoms with Crippen molar-refractivity contribution in [3.05, 3.63) is 23.8 Å². The zero-order chi connectivity index (χ0) is 13.1. The summed E-state index contributed by atoms with van der Waals surface area (Å²) in [5.74, 6) is -0.0467. The highest BCUT2D eigenvalue weighted by atomic mass is 16.3. The molecule has 0 heterocycles. The molecular formula is C13H20N2O2. The van der Waals surface area contributed by atoms with Gasteiger partial charge in [0.1, 0.15) is 0 Å². The molecule has 0 aromatic heterocycles. The number of benzene rings is 1. The average molecular weight is 236 g/mol. The van der Waals surface area contributed by atoms with Crippen LogP contribution in [-0.4, -0.2) is 23.0 Å². The smallest absolute Gasteiger partial charge is 0.161 e. The predicted octanol–water partition coefficient (Wildman–Crippen LogP) is 2.04. The van der Waals surface area contributed by atoms with Crippen molar-refractivity contribution in [3.8, 4) is 0 Å². The number of nitrogen functional groups attached to an aromatic ring is 1. The van der Waals surface area contributed by atoms with E-state index >= 15 is 0 Å². The second kappa shape index (κ2) is 5.19. The Morgan fingerprint density at radius 1 is 1.53 bits per heavy atom. The van der Waals surface area contributed by atoms with Crippen molar-refractivity contribution in [2.45, 2.75) is 32.8 Å². The van der Waals surface area contributed by atoms with Gasteiger partial charge in [-0.05, 0) is 38.5 Å². The number of carbonyl (C=O) groups is 1. The van der Waals surface area contributed by atoms with Crippen molar-refractivity contribution in [3.63, 3.8) is 0 Å². The van der Waals surface area contributed by atoms with Gasteiger partial charge in [-0.15, -0.1) is 0 Å². The Hall–Kier alpha value is -1.55. The Balaban J connectivity index is 2.75. The van der Waals surface area contributed by atoms with E-state index in [0.717, 1.165) is 5.69 Å². The lowest BCUT2D eigenvalue weighted by atomic mass is 10.0. The SMILES string of the molecule is CCC(C)(O)CNc1ccc(C(C)=O)c(N)c1. The van der Waals surface area contributed by atoms with Crippen LogP contribution in [0.25, 0.3) is 0 Å². The molecule has 0 amide bonds. The quantitative estimate of drug-likeness (QED) is 0.540. The van der Waals surface area contributed by atoms with Crippen molar-refractivity contribution in [2.24, 2.45) is 0 Å². The zero-order valence-electron chi connectivity index (χ0n) is 10.6. The van der Waals surface area contributed by atoms with E-state index < -0.39 is 5.60 Å². The predicted molar refractivity (Wildman–Crippen MR) is 70.3 cm³/mol. The van der Waals surface area contributed by atoms with E-state index in [4.69, 9.17) is 5.73 Å². The van der Waals surface area contributed by atoms with Crippen molar-refractivity contribution in [2.75, 3.05) is 17.6 Å². The molecule has 0 saturated heterocycles. The molecule has 4 heteroatoms. The monoisotopic (exact) mass is 236 g/mol. The molecule has 0 saturated carbocycles. The Morgan fingerprint density at radius 3 is 2.65 bits per heavy atom. The maximum Gasteiger partial charge on any atom is 0.161 e. The number of hydrogen-bond donors (Lipinski definition) is 3. The van der Waals surface area contributed by atoms with Crippen LogP contribution in [0.5, 0.6) is 0 Å². The highest BCUT2D eigenvalue weighted by Gasteiger charge is 2.16. The number of carbonyl (C=O) groups excluding carboxylic acids is 1. The number of nitrogens with one attached hydrogen (secondary N) is 1. The van der Waals surface area contributed by atoms with Crippen molar-refractivity contribution in [1.82, 2.24) is 0 Å². The first kappa shape index (κ1) is 13.5. The zero-order valence-corrected chi connectivity index (χ0v) is 10.6. The number of hydrogen-bond acceptors (Lipinski definition) is 4. The van der Waals surface area contributed by atoms with Gasteiger partial charge >= 0.3 is 0 Å². The molecule has 1 atom stereocenters. The van der Waals surface area contributed by atoms with Crippen LogP contribution in [0.4, 0.5) is 11.4 Å². The van der Waals surface area contributed by atoms with Gasteiger partial charge < -0.3 is 16.2 Å². The minimum Gasteiger partial charge on any atom is -0.398 e. The Labute approximate surface area is 102 Å². The standard InChI is InChI=1S/C13H20N2O2/c1-4-13(3,17)8-15-10-5-6-11(9(2)16)12(14)7-10/h5-7,15,17H,4,8,14H2,1-3H3. The molecule has 0 aliphatic rings. The highest BCUT2D eigenvalue weighted by molar-refractivity contribution is 5.99. The third-order valence-electron chi connectivity index (χ3n) is 2.87. The van der Waals surface area contributed by atoms with Crippen LogP contribution >= 0.6 is 0 Å². The molecule has 17 heavy (non-hydrogen) atoms. The van der Waals surface area contributed by atoms with Crippen LogP contribution in [0.15, 0.2) is 18.2 Å². The largest absolute Gasteiger partial charge is 0.398 e. The fraction of sp³-hybridized carbons (Fsp3) is 0.462. The lowest BCUT2D eigenvalue weighted by Gasteiger charge is -2.22. The molecular weight excluding hydrogens is 216 g/mol. The number of rotatable bonds is 5. The summed E-state index contributed by atoms with van der Waals surface area (Å²) < 4.78 is 0. The fourth-order valence-corrected chi connectivity index (χ4v) is 1.41. The average Bonchev–Trinajstić information content (AvgIpc) is 2.26. The van der Waals surface area contributed by atoms with Gasteiger partial charge in [0.15, 0.2) is 5.78 Å². The van der Waals surface area contributed by atoms with E-state index in [1.165, 1.54) is 6.92 Å². The summed E-state index contributed by atoms with van der Waals surface area (Å²) in [4.78, 5) is 11.2. The molecule has 0 radical (unpaired) electrons. The summed E-state index contributed by atoms with van der Waals surface area (Å²) in [6, 6.07) is 5.20. The number of Topliss-reactive ketones (excluding diaryl/α,β-unsaturated/α-hetero) is 1. The highest BCUT2D eigenvalue weighted by Crippen LogP contribution is 2.19. The summed E-state index contributed by atoms with van der Waals surface area (Å²) in [7, 11) is 0. The molecule has 0 aliphatic carbocycles. The minimum absolute atomic E-state index is 0.0467. The number of nitrogens with two attached hydrogens (primary N) is 1. The topological polar surface area (TPSA) is 75.3 Å². The van der Waals surface area contributed by atoms with Crippen LogP contribution in [-0.2, 0) is 0 Å². The summed E-state index contributed by atoms with van der Waals surface area (Å²) in [6.45, 7) is 5.63. The Bertz CT molecular complexity index is 414. The van der Waals surface area contributed by atoms with E-state index in [9.17, 15) is 9.90 Å². The summed E-state index contributed by atoms with van der Waals surface area (Å²) in [5, 5.41) is 13.0. The molecule has 0 fully saturated rings. The van der Waals surface area contributed by atoms with Gasteiger partial charge in [0.2, 0.25) is 0 Å². The van der Waals surface area contributed by atoms with E-state index in [0.29, 0.717) is 24.2 Å². The maximum atomic E-state index is 11.2. The van der Waals surface area contributed by atoms with E-state index in [1.54, 1.807) is 25.1 Å². The van der Waals surface area contributed by atoms with Gasteiger partial charge in [0, 0.05) is 23.5 Å². The van der Waals surface area contributed by atoms with E-state index in [-0.39, 0.29) is 5.78 Å². The molecule has 1 rings (SSSR count). The van der Waals surface area contributed by atoms with Gasteiger partial charge in [-0.2, -0.15) is 0 Å². The second-order valence-electron chi connectivity index (χ2n) is 4.56. The van der Waals surface area contributed by atoms with E-state index in [2.05, 4.69) is 5.32 Å². The molecule has 4 N–H and O–H groups in total. The van der Waals surface area contributed by atoms with Gasteiger partial charge in [0.05, 0.1) is 5.60 Å². The summed E-state index contributed by atoms with van der Waals surface area (Å²) >= 11 is 0. The Morgan fingerprint density at radius 2 is 2.18 bits per heavy atom. The maximum absolute atomic E-state index is 11.2. The number of ketones is 1. The van der Waals surface area contributed by atoms with Gasteiger partial charge in [0.25, 0.3) is 0 Å². The van der Waals surface area contributed by atoms with Crippen LogP contribution < -0.4 is 11.1 Å². The van der Waals surface area contributed by atoms with Crippen molar-refractivity contribution in [1.29, 1.82) is 0 Å². The van der Waals surface area contributed by atoms with Gasteiger partial charge in [-0.25, -0.2) is 0 Å². The lowest BCUT2D eigenvalue weighted by molar-refractivity contribution is 0.0697. The molecule has 1 aromatic rings. The lowest BCUT2D eigenvalue weighted by Crippen LogP contribution is -2.32. The van der Waals surface area contributed by atoms with Gasteiger partial charge in [-0.3, -0.25) is 4.79 Å². The van der Waals surface area contributed by atoms with Crippen LogP contribution in [0.1, 0.15) is 37.6 Å². The third kappa shape index (κ3) is 3.75. The molecule has 1 aromatic carbocycles. The van der Waals surface area contributed by atoms with Crippen molar-refractivity contribution >= 4 is 17.2 Å². The molecule has 1 unspecified atom stereocenters. The molecule has 94 valence electrons. The first-order valence-electron chi connectivity index (χ1n) is 5.72. The fourth-order valence-electron chi connectivity index (χ4n) is 1.41. The van der Waals surface area contributed by atoms with Crippen LogP contribution in [0, 0.1) is 0 Å². The molecule has 0 bridgehead atoms. The second-order valence-corrected chi connectivity index (χ2v) is 4.56. The van der Waals surface area contributed by atoms with Crippen molar-refractivity contribution < 1.29 is 9.90 Å². The molecule has 4 nitrogen and oxygen atoms in total. The first-order valence-corrected chi connectivity index (χ1v) is 5.72. The van der Waals surface area contributed by atoms with E-state index in [1.807, 2.05) is 6.92 Å². The van der Waals surface area contributed by atoms with Crippen LogP contribution in [0.2, 0.25) is 0 Å². The minimum atomic E-state index is -0.742. The molecule has 0 spiro atoms. The normalized spacial score (nSPS) is 14.1.